The highest BCUT2D eigenvalue weighted by Crippen LogP contribution is 2.79. The molecular formula is C10H20O6P2. The van der Waals surface area contributed by atoms with Crippen LogP contribution in [-0.4, -0.2) is 22.0 Å². The Bertz CT molecular complexity index is 345. The third-order valence-corrected chi connectivity index (χ3v) is 7.74. The molecule has 0 atom stereocenters. The first-order valence-corrected chi connectivity index (χ1v) is 10.3. The minimum absolute atomic E-state index is 0.343. The summed E-state index contributed by atoms with van der Waals surface area (Å²) in [6.45, 7) is 0. The van der Waals surface area contributed by atoms with E-state index >= 15 is 0 Å². The van der Waals surface area contributed by atoms with Gasteiger partial charge in [-0.05, 0) is 25.7 Å². The third-order valence-electron chi connectivity index (χ3n) is 3.49. The van der Waals surface area contributed by atoms with Crippen LogP contribution in [0.1, 0.15) is 51.4 Å². The minimum Gasteiger partial charge on any atom is -0.316 e. The van der Waals surface area contributed by atoms with Gasteiger partial charge in [0.1, 0.15) is 0 Å². The summed E-state index contributed by atoms with van der Waals surface area (Å²) in [5, 5.41) is 0. The van der Waals surface area contributed by atoms with E-state index in [2.05, 4.69) is 0 Å². The molecule has 0 heterocycles. The molecule has 106 valence electrons. The van der Waals surface area contributed by atoms with Crippen LogP contribution in [0.2, 0.25) is 0 Å². The summed E-state index contributed by atoms with van der Waals surface area (Å²) in [7, 11) is -9.22. The van der Waals surface area contributed by atoms with E-state index in [1.807, 2.05) is 0 Å². The van der Waals surface area contributed by atoms with Crippen molar-refractivity contribution in [1.82, 2.24) is 0 Å². The molecule has 0 saturated heterocycles. The Balaban J connectivity index is 2.06. The second-order valence-corrected chi connectivity index (χ2v) is 10.4. The first kappa shape index (κ1) is 14.7. The van der Waals surface area contributed by atoms with Crippen LogP contribution in [-0.2, 0) is 18.2 Å². The second kappa shape index (κ2) is 5.74. The van der Waals surface area contributed by atoms with Gasteiger partial charge < -0.3 is 9.79 Å². The van der Waals surface area contributed by atoms with Crippen LogP contribution in [0, 0.1) is 0 Å². The Kier molecular flexibility index (Phi) is 4.69. The zero-order valence-corrected chi connectivity index (χ0v) is 12.0. The van der Waals surface area contributed by atoms with Gasteiger partial charge in [0.25, 0.3) is 0 Å². The van der Waals surface area contributed by atoms with Crippen molar-refractivity contribution in [2.24, 2.45) is 0 Å². The summed E-state index contributed by atoms with van der Waals surface area (Å²) < 4.78 is 34.1. The Morgan fingerprint density at radius 3 is 1.39 bits per heavy atom. The van der Waals surface area contributed by atoms with Gasteiger partial charge in [-0.3, -0.25) is 9.05 Å². The molecule has 2 rings (SSSR count). The van der Waals surface area contributed by atoms with E-state index in [4.69, 9.17) is 9.05 Å². The molecule has 0 bridgehead atoms. The zero-order valence-electron chi connectivity index (χ0n) is 10.2. The molecule has 0 spiro atoms. The van der Waals surface area contributed by atoms with Crippen molar-refractivity contribution in [3.8, 4) is 0 Å². The van der Waals surface area contributed by atoms with Gasteiger partial charge in [0, 0.05) is 0 Å². The van der Waals surface area contributed by atoms with E-state index in [0.717, 1.165) is 25.7 Å². The summed E-state index contributed by atoms with van der Waals surface area (Å²) in [4.78, 5) is 18.5. The lowest BCUT2D eigenvalue weighted by molar-refractivity contribution is 0.123. The molecule has 0 radical (unpaired) electrons. The molecule has 0 aromatic carbocycles. The summed E-state index contributed by atoms with van der Waals surface area (Å²) in [6, 6.07) is 0. The van der Waals surface area contributed by atoms with Gasteiger partial charge in [0.2, 0.25) is 0 Å². The highest BCUT2D eigenvalue weighted by atomic mass is 32.1. The van der Waals surface area contributed by atoms with Crippen LogP contribution in [0.5, 0.6) is 0 Å². The monoisotopic (exact) mass is 298 g/mol. The molecular weight excluding hydrogens is 278 g/mol. The molecule has 6 nitrogen and oxygen atoms in total. The smallest absolute Gasteiger partial charge is 0.316 e. The van der Waals surface area contributed by atoms with E-state index in [9.17, 15) is 18.9 Å². The van der Waals surface area contributed by atoms with Crippen molar-refractivity contribution in [2.45, 2.75) is 63.6 Å². The van der Waals surface area contributed by atoms with Gasteiger partial charge in [-0.15, -0.1) is 0 Å². The Hall–Kier alpha value is 0.300. The fourth-order valence-electron chi connectivity index (χ4n) is 2.51. The molecule has 18 heavy (non-hydrogen) atoms. The lowest BCUT2D eigenvalue weighted by atomic mass is 10.3. The minimum atomic E-state index is -4.88. The van der Waals surface area contributed by atoms with Crippen molar-refractivity contribution in [3.05, 3.63) is 0 Å². The molecule has 2 saturated carbocycles. The highest BCUT2D eigenvalue weighted by Gasteiger charge is 2.49. The summed E-state index contributed by atoms with van der Waals surface area (Å²) in [6.07, 6.45) is 5.84. The molecule has 0 aliphatic heterocycles. The quantitative estimate of drug-likeness (QED) is 0.757. The van der Waals surface area contributed by atoms with E-state index in [-0.39, 0.29) is 12.2 Å². The maximum absolute atomic E-state index is 12.3. The summed E-state index contributed by atoms with van der Waals surface area (Å²) >= 11 is 0. The zero-order chi connectivity index (χ0) is 13.2. The molecule has 2 aliphatic carbocycles. The van der Waals surface area contributed by atoms with Gasteiger partial charge in [0.05, 0.1) is 12.2 Å². The van der Waals surface area contributed by atoms with E-state index in [1.165, 1.54) is 0 Å². The van der Waals surface area contributed by atoms with Crippen LogP contribution >= 0.6 is 14.6 Å². The number of hydrogen-bond donors (Lipinski definition) is 2. The maximum atomic E-state index is 12.3. The van der Waals surface area contributed by atoms with E-state index < -0.39 is 14.6 Å². The van der Waals surface area contributed by atoms with E-state index in [0.29, 0.717) is 25.7 Å². The summed E-state index contributed by atoms with van der Waals surface area (Å²) in [5.41, 5.74) is 0. The molecule has 0 aromatic heterocycles. The average Bonchev–Trinajstić information content (AvgIpc) is 2.88. The Morgan fingerprint density at radius 1 is 0.778 bits per heavy atom. The largest absolute Gasteiger partial charge is 0.441 e. The normalized spacial score (nSPS) is 23.9. The number of rotatable bonds is 5. The lowest BCUT2D eigenvalue weighted by Gasteiger charge is -2.25. The fourth-order valence-corrected chi connectivity index (χ4v) is 5.52. The molecule has 2 N–H and O–H groups in total. The fraction of sp³-hybridized carbons (Fsp3) is 1.00. The van der Waals surface area contributed by atoms with Gasteiger partial charge in [-0.25, -0.2) is 9.13 Å². The van der Waals surface area contributed by atoms with Crippen molar-refractivity contribution >= 4 is 14.6 Å². The molecule has 0 unspecified atom stereocenters. The van der Waals surface area contributed by atoms with Crippen molar-refractivity contribution < 1.29 is 28.0 Å². The first-order chi connectivity index (χ1) is 8.41. The van der Waals surface area contributed by atoms with Gasteiger partial charge in [-0.1, -0.05) is 25.7 Å². The van der Waals surface area contributed by atoms with Gasteiger partial charge >= 0.3 is 14.6 Å². The number of hydrogen-bond acceptors (Lipinski definition) is 4. The van der Waals surface area contributed by atoms with Crippen molar-refractivity contribution in [2.75, 3.05) is 0 Å². The predicted molar refractivity (Wildman–Crippen MR) is 66.3 cm³/mol. The van der Waals surface area contributed by atoms with Gasteiger partial charge in [0.15, 0.2) is 0 Å². The lowest BCUT2D eigenvalue weighted by Crippen LogP contribution is -2.12. The molecule has 8 heteroatoms. The standard InChI is InChI=1S/C10H20O6P2/c11-17(12,13)18(14,15-9-5-1-2-6-9)16-10-7-3-4-8-10/h9-10H,1-8H2,(H2,11,12,13). The highest BCUT2D eigenvalue weighted by molar-refractivity contribution is 8.26. The average molecular weight is 298 g/mol. The SMILES string of the molecule is O=P(O)(O)P(=O)(OC1CCCC1)OC1CCCC1. The van der Waals surface area contributed by atoms with Gasteiger partial charge in [-0.2, -0.15) is 0 Å². The summed E-state index contributed by atoms with van der Waals surface area (Å²) in [5.74, 6) is 0. The molecule has 0 aromatic rings. The van der Waals surface area contributed by atoms with Crippen LogP contribution in [0.3, 0.4) is 0 Å². The van der Waals surface area contributed by atoms with Crippen LogP contribution < -0.4 is 0 Å². The Labute approximate surface area is 107 Å². The van der Waals surface area contributed by atoms with Crippen LogP contribution in [0.15, 0.2) is 0 Å². The first-order valence-electron chi connectivity index (χ1n) is 6.43. The van der Waals surface area contributed by atoms with Crippen molar-refractivity contribution in [1.29, 1.82) is 0 Å². The van der Waals surface area contributed by atoms with E-state index in [1.54, 1.807) is 0 Å². The molecule has 2 fully saturated rings. The third kappa shape index (κ3) is 3.44. The van der Waals surface area contributed by atoms with Crippen molar-refractivity contribution in [3.63, 3.8) is 0 Å². The maximum Gasteiger partial charge on any atom is 0.441 e. The topological polar surface area (TPSA) is 93.1 Å². The second-order valence-electron chi connectivity index (χ2n) is 5.01. The molecule has 2 aliphatic rings. The molecule has 0 amide bonds. The van der Waals surface area contributed by atoms with Crippen LogP contribution in [0.25, 0.3) is 0 Å². The predicted octanol–water partition coefficient (Wildman–Crippen LogP) is 3.19. The van der Waals surface area contributed by atoms with Crippen LogP contribution in [0.4, 0.5) is 0 Å². The Morgan fingerprint density at radius 2 is 1.11 bits per heavy atom.